The molecular formula is C16H13Cl2NO4. The second-order valence-corrected chi connectivity index (χ2v) is 5.35. The normalized spacial score (nSPS) is 10.7. The van der Waals surface area contributed by atoms with Crippen LogP contribution < -0.4 is 5.32 Å². The first-order chi connectivity index (χ1) is 11.0. The number of furan rings is 1. The van der Waals surface area contributed by atoms with Crippen LogP contribution in [0.3, 0.4) is 0 Å². The van der Waals surface area contributed by atoms with Crippen molar-refractivity contribution in [3.05, 3.63) is 58.0 Å². The van der Waals surface area contributed by atoms with Gasteiger partial charge in [-0.2, -0.15) is 0 Å². The molecule has 2 aromatic rings. The molecule has 1 N–H and O–H groups in total. The van der Waals surface area contributed by atoms with Crippen LogP contribution in [0.25, 0.3) is 6.08 Å². The van der Waals surface area contributed by atoms with Crippen molar-refractivity contribution < 1.29 is 18.7 Å². The van der Waals surface area contributed by atoms with Gasteiger partial charge >= 0.3 is 5.97 Å². The van der Waals surface area contributed by atoms with Gasteiger partial charge in [0.05, 0.1) is 15.7 Å². The first kappa shape index (κ1) is 17.1. The average molecular weight is 354 g/mol. The van der Waals surface area contributed by atoms with Gasteiger partial charge in [0.1, 0.15) is 11.5 Å². The second-order valence-electron chi connectivity index (χ2n) is 4.53. The van der Waals surface area contributed by atoms with E-state index >= 15 is 0 Å². The number of halogens is 2. The lowest BCUT2D eigenvalue weighted by Gasteiger charge is -2.08. The van der Waals surface area contributed by atoms with Crippen molar-refractivity contribution in [1.82, 2.24) is 0 Å². The van der Waals surface area contributed by atoms with E-state index < -0.39 is 18.5 Å². The van der Waals surface area contributed by atoms with Crippen molar-refractivity contribution in [2.75, 3.05) is 11.9 Å². The molecule has 0 bridgehead atoms. The maximum absolute atomic E-state index is 11.8. The van der Waals surface area contributed by atoms with Crippen molar-refractivity contribution in [3.8, 4) is 0 Å². The first-order valence-electron chi connectivity index (χ1n) is 6.61. The number of carbonyl (C=O) groups excluding carboxylic acids is 2. The zero-order valence-electron chi connectivity index (χ0n) is 12.1. The fourth-order valence-electron chi connectivity index (χ4n) is 1.67. The zero-order valence-corrected chi connectivity index (χ0v) is 13.6. The van der Waals surface area contributed by atoms with Gasteiger partial charge in [-0.25, -0.2) is 4.79 Å². The molecule has 0 saturated carbocycles. The number of rotatable bonds is 5. The number of esters is 1. The highest BCUT2D eigenvalue weighted by Crippen LogP contribution is 2.29. The summed E-state index contributed by atoms with van der Waals surface area (Å²) in [5.74, 6) is 0.0378. The molecule has 120 valence electrons. The van der Waals surface area contributed by atoms with Gasteiger partial charge in [-0.05, 0) is 37.3 Å². The molecule has 0 aliphatic heterocycles. The number of aryl methyl sites for hydroxylation is 1. The predicted molar refractivity (Wildman–Crippen MR) is 88.5 cm³/mol. The number of benzene rings is 1. The summed E-state index contributed by atoms with van der Waals surface area (Å²) in [6.45, 7) is 1.34. The SMILES string of the molecule is Cc1ccc(/C=C/C(=O)OCC(=O)Nc2c(Cl)cccc2Cl)o1. The van der Waals surface area contributed by atoms with Crippen LogP contribution in [0.1, 0.15) is 11.5 Å². The van der Waals surface area contributed by atoms with Gasteiger partial charge < -0.3 is 14.5 Å². The van der Waals surface area contributed by atoms with Crippen LogP contribution in [-0.4, -0.2) is 18.5 Å². The van der Waals surface area contributed by atoms with Gasteiger partial charge in [-0.1, -0.05) is 29.3 Å². The molecule has 0 aliphatic carbocycles. The molecule has 0 spiro atoms. The Bertz CT molecular complexity index is 732. The highest BCUT2D eigenvalue weighted by atomic mass is 35.5. The molecule has 1 heterocycles. The van der Waals surface area contributed by atoms with E-state index in [2.05, 4.69) is 5.32 Å². The summed E-state index contributed by atoms with van der Waals surface area (Å²) in [7, 11) is 0. The quantitative estimate of drug-likeness (QED) is 0.649. The lowest BCUT2D eigenvalue weighted by atomic mass is 10.3. The number of carbonyl (C=O) groups is 2. The van der Waals surface area contributed by atoms with E-state index in [4.69, 9.17) is 32.4 Å². The van der Waals surface area contributed by atoms with E-state index in [1.54, 1.807) is 37.3 Å². The van der Waals surface area contributed by atoms with Gasteiger partial charge in [0.15, 0.2) is 6.61 Å². The molecule has 0 atom stereocenters. The number of hydrogen-bond acceptors (Lipinski definition) is 4. The van der Waals surface area contributed by atoms with E-state index in [1.165, 1.54) is 12.2 Å². The number of amides is 1. The Morgan fingerprint density at radius 3 is 2.52 bits per heavy atom. The van der Waals surface area contributed by atoms with Gasteiger partial charge in [-0.15, -0.1) is 0 Å². The number of anilines is 1. The van der Waals surface area contributed by atoms with Gasteiger partial charge in [-0.3, -0.25) is 4.79 Å². The Kier molecular flexibility index (Phi) is 5.84. The Hall–Kier alpha value is -2.24. The summed E-state index contributed by atoms with van der Waals surface area (Å²) >= 11 is 11.9. The highest BCUT2D eigenvalue weighted by molar-refractivity contribution is 6.39. The topological polar surface area (TPSA) is 68.5 Å². The number of hydrogen-bond donors (Lipinski definition) is 1. The highest BCUT2D eigenvalue weighted by Gasteiger charge is 2.11. The molecular weight excluding hydrogens is 341 g/mol. The Morgan fingerprint density at radius 2 is 1.91 bits per heavy atom. The molecule has 0 unspecified atom stereocenters. The van der Waals surface area contributed by atoms with Crippen LogP contribution in [0.4, 0.5) is 5.69 Å². The van der Waals surface area contributed by atoms with Crippen LogP contribution >= 0.6 is 23.2 Å². The standard InChI is InChI=1S/C16H13Cl2NO4/c1-10-5-6-11(23-10)7-8-15(21)22-9-14(20)19-16-12(17)3-2-4-13(16)18/h2-8H,9H2,1H3,(H,19,20)/b8-7+. The molecule has 2 rings (SSSR count). The monoisotopic (exact) mass is 353 g/mol. The lowest BCUT2D eigenvalue weighted by molar-refractivity contribution is -0.142. The second kappa shape index (κ2) is 7.85. The van der Waals surface area contributed by atoms with Gasteiger partial charge in [0.2, 0.25) is 0 Å². The molecule has 1 amide bonds. The van der Waals surface area contributed by atoms with Crippen LogP contribution in [0.2, 0.25) is 10.0 Å². The maximum Gasteiger partial charge on any atom is 0.331 e. The molecule has 1 aromatic heterocycles. The molecule has 1 aromatic carbocycles. The minimum Gasteiger partial charge on any atom is -0.462 e. The van der Waals surface area contributed by atoms with Gasteiger partial charge in [0, 0.05) is 6.08 Å². The van der Waals surface area contributed by atoms with Crippen LogP contribution in [0.15, 0.2) is 40.8 Å². The lowest BCUT2D eigenvalue weighted by Crippen LogP contribution is -2.20. The van der Waals surface area contributed by atoms with E-state index in [1.807, 2.05) is 0 Å². The minimum absolute atomic E-state index is 0.276. The number of para-hydroxylation sites is 1. The average Bonchev–Trinajstić information content (AvgIpc) is 2.92. The van der Waals surface area contributed by atoms with Crippen molar-refractivity contribution in [3.63, 3.8) is 0 Å². The van der Waals surface area contributed by atoms with Crippen molar-refractivity contribution in [1.29, 1.82) is 0 Å². The smallest absolute Gasteiger partial charge is 0.331 e. The molecule has 5 nitrogen and oxygen atoms in total. The molecule has 0 fully saturated rings. The summed E-state index contributed by atoms with van der Waals surface area (Å²) in [6, 6.07) is 8.31. The summed E-state index contributed by atoms with van der Waals surface area (Å²) in [6.07, 6.45) is 2.63. The zero-order chi connectivity index (χ0) is 16.8. The number of nitrogens with one attached hydrogen (secondary N) is 1. The fourth-order valence-corrected chi connectivity index (χ4v) is 2.16. The summed E-state index contributed by atoms with van der Waals surface area (Å²) in [5.41, 5.74) is 0.276. The Balaban J connectivity index is 1.84. The van der Waals surface area contributed by atoms with E-state index in [0.717, 1.165) is 5.76 Å². The summed E-state index contributed by atoms with van der Waals surface area (Å²) in [5, 5.41) is 3.08. The molecule has 23 heavy (non-hydrogen) atoms. The van der Waals surface area contributed by atoms with Crippen molar-refractivity contribution >= 4 is 46.8 Å². The van der Waals surface area contributed by atoms with Crippen molar-refractivity contribution in [2.24, 2.45) is 0 Å². The minimum atomic E-state index is -0.667. The Morgan fingerprint density at radius 1 is 1.22 bits per heavy atom. The number of ether oxygens (including phenoxy) is 1. The maximum atomic E-state index is 11.8. The summed E-state index contributed by atoms with van der Waals surface area (Å²) in [4.78, 5) is 23.3. The van der Waals surface area contributed by atoms with Crippen LogP contribution in [0.5, 0.6) is 0 Å². The summed E-state index contributed by atoms with van der Waals surface area (Å²) < 4.78 is 10.1. The largest absolute Gasteiger partial charge is 0.462 e. The molecule has 0 aliphatic rings. The Labute approximate surface area is 142 Å². The molecule has 7 heteroatoms. The third kappa shape index (κ3) is 5.16. The third-order valence-corrected chi connectivity index (χ3v) is 3.35. The third-order valence-electron chi connectivity index (χ3n) is 2.72. The van der Waals surface area contributed by atoms with E-state index in [9.17, 15) is 9.59 Å². The van der Waals surface area contributed by atoms with E-state index in [0.29, 0.717) is 15.8 Å². The van der Waals surface area contributed by atoms with Crippen molar-refractivity contribution in [2.45, 2.75) is 6.92 Å². The fraction of sp³-hybridized carbons (Fsp3) is 0.125. The van der Waals surface area contributed by atoms with Crippen LogP contribution in [0, 0.1) is 6.92 Å². The predicted octanol–water partition coefficient (Wildman–Crippen LogP) is 4.09. The van der Waals surface area contributed by atoms with E-state index in [-0.39, 0.29) is 5.69 Å². The van der Waals surface area contributed by atoms with Gasteiger partial charge in [0.25, 0.3) is 5.91 Å². The molecule has 0 radical (unpaired) electrons. The first-order valence-corrected chi connectivity index (χ1v) is 7.36. The van der Waals surface area contributed by atoms with Crippen LogP contribution in [-0.2, 0) is 14.3 Å². The molecule has 0 saturated heterocycles.